The van der Waals surface area contributed by atoms with E-state index in [4.69, 9.17) is 16.3 Å². The smallest absolute Gasteiger partial charge is 0.191 e. The molecule has 0 saturated carbocycles. The van der Waals surface area contributed by atoms with E-state index < -0.39 is 0 Å². The third-order valence-electron chi connectivity index (χ3n) is 5.17. The summed E-state index contributed by atoms with van der Waals surface area (Å²) in [5, 5.41) is 11.2. The van der Waals surface area contributed by atoms with Gasteiger partial charge in [0.2, 0.25) is 0 Å². The van der Waals surface area contributed by atoms with Gasteiger partial charge < -0.3 is 15.4 Å². The minimum atomic E-state index is -0.301. The highest BCUT2D eigenvalue weighted by atomic mass is 35.5. The Kier molecular flexibility index (Phi) is 8.07. The second kappa shape index (κ2) is 10.7. The van der Waals surface area contributed by atoms with Crippen LogP contribution in [-0.4, -0.2) is 59.5 Å². The Morgan fingerprint density at radius 3 is 2.90 bits per heavy atom. The molecule has 1 aliphatic rings. The molecule has 30 heavy (non-hydrogen) atoms. The predicted molar refractivity (Wildman–Crippen MR) is 117 cm³/mol. The largest absolute Gasteiger partial charge is 0.376 e. The molecule has 2 heterocycles. The average Bonchev–Trinajstić information content (AvgIpc) is 3.13. The van der Waals surface area contributed by atoms with Crippen molar-refractivity contribution in [3.05, 3.63) is 52.6 Å². The summed E-state index contributed by atoms with van der Waals surface area (Å²) in [6.07, 6.45) is 1.83. The maximum Gasteiger partial charge on any atom is 0.191 e. The third-order valence-corrected chi connectivity index (χ3v) is 5.50. The molecule has 0 spiro atoms. The van der Waals surface area contributed by atoms with Gasteiger partial charge in [0.05, 0.1) is 31.0 Å². The Morgan fingerprint density at radius 1 is 1.40 bits per heavy atom. The van der Waals surface area contributed by atoms with Crippen LogP contribution in [0.25, 0.3) is 0 Å². The van der Waals surface area contributed by atoms with E-state index >= 15 is 0 Å². The summed E-state index contributed by atoms with van der Waals surface area (Å²) >= 11 is 6.42. The fraction of sp³-hybridized carbons (Fsp3) is 0.524. The van der Waals surface area contributed by atoms with Crippen LogP contribution in [-0.2, 0) is 18.3 Å². The maximum absolute atomic E-state index is 14.8. The molecule has 1 aliphatic heterocycles. The van der Waals surface area contributed by atoms with Gasteiger partial charge in [-0.25, -0.2) is 9.38 Å². The van der Waals surface area contributed by atoms with Crippen molar-refractivity contribution < 1.29 is 9.13 Å². The van der Waals surface area contributed by atoms with Gasteiger partial charge in [-0.1, -0.05) is 17.7 Å². The van der Waals surface area contributed by atoms with Gasteiger partial charge in [-0.15, -0.1) is 0 Å². The van der Waals surface area contributed by atoms with Gasteiger partial charge in [0.1, 0.15) is 5.82 Å². The normalized spacial score (nSPS) is 19.0. The number of aliphatic imine (C=N–C) groups is 1. The molecule has 1 saturated heterocycles. The molecule has 3 rings (SSSR count). The van der Waals surface area contributed by atoms with Crippen LogP contribution in [0.15, 0.2) is 35.5 Å². The Labute approximate surface area is 182 Å². The number of nitrogens with one attached hydrogen (secondary N) is 2. The lowest BCUT2D eigenvalue weighted by atomic mass is 10.0. The highest BCUT2D eigenvalue weighted by Gasteiger charge is 2.29. The van der Waals surface area contributed by atoms with Gasteiger partial charge in [0.25, 0.3) is 0 Å². The first-order valence-electron chi connectivity index (χ1n) is 10.3. The molecule has 1 fully saturated rings. The lowest BCUT2D eigenvalue weighted by Gasteiger charge is -2.38. The van der Waals surface area contributed by atoms with Crippen molar-refractivity contribution in [1.82, 2.24) is 25.3 Å². The second-order valence-electron chi connectivity index (χ2n) is 7.35. The van der Waals surface area contributed by atoms with Crippen molar-refractivity contribution in [3.63, 3.8) is 0 Å². The SMILES string of the molecule is CCNC(=NCc1ccnn1C)NCC(c1c(F)cccc1Cl)N1CCOC(C)C1. The maximum atomic E-state index is 14.8. The quantitative estimate of drug-likeness (QED) is 0.516. The lowest BCUT2D eigenvalue weighted by molar-refractivity contribution is -0.0343. The monoisotopic (exact) mass is 436 g/mol. The topological polar surface area (TPSA) is 66.7 Å². The van der Waals surface area contributed by atoms with Crippen LogP contribution in [0.2, 0.25) is 5.02 Å². The van der Waals surface area contributed by atoms with Gasteiger partial charge in [-0.3, -0.25) is 9.58 Å². The number of benzene rings is 1. The number of hydrogen-bond acceptors (Lipinski definition) is 4. The zero-order valence-corrected chi connectivity index (χ0v) is 18.5. The number of rotatable bonds is 7. The van der Waals surface area contributed by atoms with Crippen LogP contribution < -0.4 is 10.6 Å². The van der Waals surface area contributed by atoms with E-state index in [1.54, 1.807) is 23.0 Å². The number of guanidine groups is 1. The summed E-state index contributed by atoms with van der Waals surface area (Å²) in [4.78, 5) is 6.87. The lowest BCUT2D eigenvalue weighted by Crippen LogP contribution is -2.48. The molecule has 2 unspecified atom stereocenters. The standard InChI is InChI=1S/C21H30ClFN6O/c1-4-24-21(25-12-16-8-9-27-28(16)3)26-13-19(29-10-11-30-15(2)14-29)20-17(22)6-5-7-18(20)23/h5-9,15,19H,4,10-14H2,1-3H3,(H2,24,25,26). The number of hydrogen-bond donors (Lipinski definition) is 2. The average molecular weight is 437 g/mol. The van der Waals surface area contributed by atoms with Gasteiger partial charge in [-0.2, -0.15) is 5.10 Å². The van der Waals surface area contributed by atoms with Crippen LogP contribution in [0, 0.1) is 5.82 Å². The molecule has 2 N–H and O–H groups in total. The molecule has 2 atom stereocenters. The predicted octanol–water partition coefficient (Wildman–Crippen LogP) is 2.73. The fourth-order valence-corrected chi connectivity index (χ4v) is 3.91. The first kappa shape index (κ1) is 22.5. The van der Waals surface area contributed by atoms with Crippen molar-refractivity contribution in [1.29, 1.82) is 0 Å². The Hall–Kier alpha value is -2.16. The number of ether oxygens (including phenoxy) is 1. The van der Waals surface area contributed by atoms with E-state index in [0.29, 0.717) is 49.3 Å². The second-order valence-corrected chi connectivity index (χ2v) is 7.76. The van der Waals surface area contributed by atoms with Crippen LogP contribution in [0.5, 0.6) is 0 Å². The molecule has 2 aromatic rings. The first-order chi connectivity index (χ1) is 14.5. The Morgan fingerprint density at radius 2 is 2.23 bits per heavy atom. The van der Waals surface area contributed by atoms with E-state index in [-0.39, 0.29) is 18.0 Å². The van der Waals surface area contributed by atoms with E-state index in [2.05, 4.69) is 25.6 Å². The summed E-state index contributed by atoms with van der Waals surface area (Å²) in [5.74, 6) is 0.364. The molecule has 0 radical (unpaired) electrons. The highest BCUT2D eigenvalue weighted by molar-refractivity contribution is 6.31. The van der Waals surface area contributed by atoms with E-state index in [1.165, 1.54) is 6.07 Å². The van der Waals surface area contributed by atoms with Crippen LogP contribution in [0.3, 0.4) is 0 Å². The summed E-state index contributed by atoms with van der Waals surface area (Å²) in [5.41, 5.74) is 1.51. The van der Waals surface area contributed by atoms with E-state index in [9.17, 15) is 4.39 Å². The number of aromatic nitrogens is 2. The van der Waals surface area contributed by atoms with Crippen molar-refractivity contribution in [3.8, 4) is 0 Å². The molecule has 1 aromatic carbocycles. The van der Waals surface area contributed by atoms with E-state index in [1.807, 2.05) is 27.0 Å². The van der Waals surface area contributed by atoms with Crippen molar-refractivity contribution in [2.24, 2.45) is 12.0 Å². The van der Waals surface area contributed by atoms with E-state index in [0.717, 1.165) is 12.2 Å². The molecule has 7 nitrogen and oxygen atoms in total. The first-order valence-corrected chi connectivity index (χ1v) is 10.7. The van der Waals surface area contributed by atoms with Gasteiger partial charge >= 0.3 is 0 Å². The Bertz CT molecular complexity index is 838. The molecular formula is C21H30ClFN6O. The van der Waals surface area contributed by atoms with Crippen molar-refractivity contribution >= 4 is 17.6 Å². The van der Waals surface area contributed by atoms with Crippen LogP contribution >= 0.6 is 11.6 Å². The van der Waals surface area contributed by atoms with Crippen molar-refractivity contribution in [2.45, 2.75) is 32.5 Å². The van der Waals surface area contributed by atoms with Gasteiger partial charge in [-0.05, 0) is 32.0 Å². The third kappa shape index (κ3) is 5.71. The van der Waals surface area contributed by atoms with Gasteiger partial charge in [0, 0.05) is 50.0 Å². The highest BCUT2D eigenvalue weighted by Crippen LogP contribution is 2.31. The zero-order valence-electron chi connectivity index (χ0n) is 17.7. The molecular weight excluding hydrogens is 407 g/mol. The summed E-state index contributed by atoms with van der Waals surface area (Å²) in [7, 11) is 1.89. The molecule has 0 bridgehead atoms. The zero-order chi connectivity index (χ0) is 21.5. The number of nitrogens with zero attached hydrogens (tertiary/aromatic N) is 4. The fourth-order valence-electron chi connectivity index (χ4n) is 3.62. The molecule has 0 aliphatic carbocycles. The molecule has 9 heteroatoms. The number of aryl methyl sites for hydroxylation is 1. The minimum absolute atomic E-state index is 0.0820. The molecule has 1 aromatic heterocycles. The van der Waals surface area contributed by atoms with Crippen LogP contribution in [0.4, 0.5) is 4.39 Å². The summed E-state index contributed by atoms with van der Waals surface area (Å²) in [6.45, 7) is 7.74. The van der Waals surface area contributed by atoms with Crippen molar-refractivity contribution in [2.75, 3.05) is 32.8 Å². The Balaban J connectivity index is 1.79. The van der Waals surface area contributed by atoms with Gasteiger partial charge in [0.15, 0.2) is 5.96 Å². The summed E-state index contributed by atoms with van der Waals surface area (Å²) < 4.78 is 22.3. The number of morpholine rings is 1. The summed E-state index contributed by atoms with van der Waals surface area (Å²) in [6, 6.07) is 6.51. The minimum Gasteiger partial charge on any atom is -0.376 e. The molecule has 164 valence electrons. The number of halogens is 2. The van der Waals surface area contributed by atoms with Crippen LogP contribution in [0.1, 0.15) is 31.1 Å². The molecule has 0 amide bonds.